The first-order valence-corrected chi connectivity index (χ1v) is 7.12. The fourth-order valence-electron chi connectivity index (χ4n) is 1.77. The van der Waals surface area contributed by atoms with Crippen molar-refractivity contribution in [1.82, 2.24) is 15.5 Å². The Kier molecular flexibility index (Phi) is 5.44. The van der Waals surface area contributed by atoms with Crippen molar-refractivity contribution in [3.05, 3.63) is 47.7 Å². The highest BCUT2D eigenvalue weighted by Crippen LogP contribution is 2.14. The molecule has 2 aromatic rings. The van der Waals surface area contributed by atoms with Crippen molar-refractivity contribution in [3.8, 4) is 6.07 Å². The Balaban J connectivity index is 1.96. The Morgan fingerprint density at radius 2 is 1.95 bits per heavy atom. The van der Waals surface area contributed by atoms with Crippen molar-refractivity contribution in [2.24, 2.45) is 0 Å². The number of carbonyl (C=O) groups is 1. The summed E-state index contributed by atoms with van der Waals surface area (Å²) in [5.41, 5.74) is 1.69. The summed E-state index contributed by atoms with van der Waals surface area (Å²) in [7, 11) is 0. The lowest BCUT2D eigenvalue weighted by Gasteiger charge is -2.06. The Labute approximate surface area is 129 Å². The molecule has 1 amide bonds. The fraction of sp³-hybridized carbons (Fsp3) is 0.250. The van der Waals surface area contributed by atoms with Crippen molar-refractivity contribution < 1.29 is 4.79 Å². The van der Waals surface area contributed by atoms with E-state index >= 15 is 0 Å². The van der Waals surface area contributed by atoms with Crippen LogP contribution in [-0.4, -0.2) is 22.6 Å². The van der Waals surface area contributed by atoms with Crippen molar-refractivity contribution in [2.45, 2.75) is 19.8 Å². The largest absolute Gasteiger partial charge is 0.351 e. The van der Waals surface area contributed by atoms with Gasteiger partial charge in [0, 0.05) is 12.2 Å². The minimum Gasteiger partial charge on any atom is -0.351 e. The number of amides is 1. The van der Waals surface area contributed by atoms with E-state index in [9.17, 15) is 4.79 Å². The maximum absolute atomic E-state index is 11.8. The van der Waals surface area contributed by atoms with Gasteiger partial charge < -0.3 is 10.6 Å². The molecule has 0 aliphatic carbocycles. The van der Waals surface area contributed by atoms with Gasteiger partial charge in [0.25, 0.3) is 5.91 Å². The van der Waals surface area contributed by atoms with E-state index in [2.05, 4.69) is 33.8 Å². The summed E-state index contributed by atoms with van der Waals surface area (Å²) in [4.78, 5) is 11.8. The van der Waals surface area contributed by atoms with E-state index < -0.39 is 0 Å². The van der Waals surface area contributed by atoms with Gasteiger partial charge in [0.05, 0.1) is 11.6 Å². The molecule has 1 heterocycles. The molecular weight excluding hydrogens is 278 g/mol. The molecule has 6 nitrogen and oxygen atoms in total. The van der Waals surface area contributed by atoms with E-state index in [-0.39, 0.29) is 5.91 Å². The van der Waals surface area contributed by atoms with Gasteiger partial charge in [-0.1, -0.05) is 13.3 Å². The molecule has 2 N–H and O–H groups in total. The molecule has 112 valence electrons. The number of anilines is 2. The van der Waals surface area contributed by atoms with E-state index in [0.717, 1.165) is 18.5 Å². The van der Waals surface area contributed by atoms with Gasteiger partial charge >= 0.3 is 0 Å². The van der Waals surface area contributed by atoms with Gasteiger partial charge in [-0.2, -0.15) is 5.26 Å². The molecule has 0 aliphatic heterocycles. The molecule has 22 heavy (non-hydrogen) atoms. The van der Waals surface area contributed by atoms with Crippen LogP contribution in [0.1, 0.15) is 35.8 Å². The third-order valence-electron chi connectivity index (χ3n) is 3.00. The molecule has 0 unspecified atom stereocenters. The Morgan fingerprint density at radius 3 is 2.55 bits per heavy atom. The molecule has 0 spiro atoms. The highest BCUT2D eigenvalue weighted by atomic mass is 16.1. The second-order valence-corrected chi connectivity index (χ2v) is 4.73. The van der Waals surface area contributed by atoms with Crippen molar-refractivity contribution in [1.29, 1.82) is 5.26 Å². The summed E-state index contributed by atoms with van der Waals surface area (Å²) in [6.45, 7) is 2.71. The van der Waals surface area contributed by atoms with Crippen molar-refractivity contribution in [2.75, 3.05) is 11.9 Å². The Bertz CT molecular complexity index is 658. The van der Waals surface area contributed by atoms with Crippen LogP contribution in [0.15, 0.2) is 36.4 Å². The second-order valence-electron chi connectivity index (χ2n) is 4.73. The van der Waals surface area contributed by atoms with Gasteiger partial charge in [-0.3, -0.25) is 4.79 Å². The summed E-state index contributed by atoms with van der Waals surface area (Å²) in [6, 6.07) is 12.4. The number of hydrogen-bond donors (Lipinski definition) is 2. The molecule has 0 saturated carbocycles. The third kappa shape index (κ3) is 4.28. The number of aromatic nitrogens is 2. The van der Waals surface area contributed by atoms with Gasteiger partial charge in [0.1, 0.15) is 0 Å². The maximum Gasteiger partial charge on any atom is 0.271 e. The standard InChI is InChI=1S/C16H17N5O/c1-2-3-10-18-16(22)14-8-9-15(21-20-14)19-13-6-4-12(11-17)5-7-13/h4-9H,2-3,10H2,1H3,(H,18,22)(H,19,21). The van der Waals surface area contributed by atoms with Crippen LogP contribution in [0.5, 0.6) is 0 Å². The molecule has 1 aromatic carbocycles. The van der Waals surface area contributed by atoms with E-state index in [0.29, 0.717) is 23.6 Å². The van der Waals surface area contributed by atoms with Crippen molar-refractivity contribution >= 4 is 17.4 Å². The van der Waals surface area contributed by atoms with Crippen LogP contribution in [0.25, 0.3) is 0 Å². The number of unbranched alkanes of at least 4 members (excludes halogenated alkanes) is 1. The molecule has 6 heteroatoms. The number of rotatable bonds is 6. The molecule has 0 atom stereocenters. The molecule has 0 radical (unpaired) electrons. The van der Waals surface area contributed by atoms with Gasteiger partial charge in [-0.15, -0.1) is 10.2 Å². The zero-order valence-electron chi connectivity index (χ0n) is 12.3. The summed E-state index contributed by atoms with van der Waals surface area (Å²) in [5, 5.41) is 22.5. The van der Waals surface area contributed by atoms with Crippen LogP contribution in [0, 0.1) is 11.3 Å². The predicted octanol–water partition coefficient (Wildman–Crippen LogP) is 2.62. The predicted molar refractivity (Wildman–Crippen MR) is 83.7 cm³/mol. The van der Waals surface area contributed by atoms with Crippen LogP contribution >= 0.6 is 0 Å². The minimum atomic E-state index is -0.217. The zero-order valence-corrected chi connectivity index (χ0v) is 12.3. The lowest BCUT2D eigenvalue weighted by atomic mass is 10.2. The van der Waals surface area contributed by atoms with E-state index in [1.165, 1.54) is 0 Å². The summed E-state index contributed by atoms with van der Waals surface area (Å²) in [5.74, 6) is 0.320. The van der Waals surface area contributed by atoms with E-state index in [4.69, 9.17) is 5.26 Å². The quantitative estimate of drug-likeness (QED) is 0.799. The number of carbonyl (C=O) groups excluding carboxylic acids is 1. The topological polar surface area (TPSA) is 90.7 Å². The maximum atomic E-state index is 11.8. The SMILES string of the molecule is CCCCNC(=O)c1ccc(Nc2ccc(C#N)cc2)nn1. The fourth-order valence-corrected chi connectivity index (χ4v) is 1.77. The number of benzene rings is 1. The number of nitrogens with one attached hydrogen (secondary N) is 2. The average molecular weight is 295 g/mol. The zero-order chi connectivity index (χ0) is 15.8. The molecule has 0 bridgehead atoms. The smallest absolute Gasteiger partial charge is 0.271 e. The molecule has 0 aliphatic rings. The second kappa shape index (κ2) is 7.74. The molecule has 1 aromatic heterocycles. The highest BCUT2D eigenvalue weighted by Gasteiger charge is 2.07. The van der Waals surface area contributed by atoms with Crippen LogP contribution in [0.2, 0.25) is 0 Å². The van der Waals surface area contributed by atoms with Gasteiger partial charge in [-0.25, -0.2) is 0 Å². The first kappa shape index (κ1) is 15.4. The van der Waals surface area contributed by atoms with Crippen molar-refractivity contribution in [3.63, 3.8) is 0 Å². The number of hydrogen-bond acceptors (Lipinski definition) is 5. The number of nitriles is 1. The summed E-state index contributed by atoms with van der Waals surface area (Å²) >= 11 is 0. The Hall–Kier alpha value is -2.94. The number of nitrogens with zero attached hydrogens (tertiary/aromatic N) is 3. The van der Waals surface area contributed by atoms with E-state index in [1.807, 2.05) is 0 Å². The van der Waals surface area contributed by atoms with Crippen LogP contribution in [-0.2, 0) is 0 Å². The van der Waals surface area contributed by atoms with E-state index in [1.54, 1.807) is 36.4 Å². The van der Waals surface area contributed by atoms with Gasteiger partial charge in [0.15, 0.2) is 11.5 Å². The summed E-state index contributed by atoms with van der Waals surface area (Å²) < 4.78 is 0. The molecule has 0 saturated heterocycles. The lowest BCUT2D eigenvalue weighted by molar-refractivity contribution is 0.0947. The third-order valence-corrected chi connectivity index (χ3v) is 3.00. The Morgan fingerprint density at radius 1 is 1.18 bits per heavy atom. The molecule has 0 fully saturated rings. The first-order chi connectivity index (χ1) is 10.7. The minimum absolute atomic E-state index is 0.217. The normalized spacial score (nSPS) is 9.82. The molecule has 2 rings (SSSR count). The monoisotopic (exact) mass is 295 g/mol. The molecular formula is C16H17N5O. The van der Waals surface area contributed by atoms with Gasteiger partial charge in [0.2, 0.25) is 0 Å². The average Bonchev–Trinajstić information content (AvgIpc) is 2.56. The van der Waals surface area contributed by atoms with Crippen LogP contribution in [0.3, 0.4) is 0 Å². The lowest BCUT2D eigenvalue weighted by Crippen LogP contribution is -2.25. The van der Waals surface area contributed by atoms with Gasteiger partial charge in [-0.05, 0) is 42.8 Å². The van der Waals surface area contributed by atoms with Crippen LogP contribution in [0.4, 0.5) is 11.5 Å². The van der Waals surface area contributed by atoms with Crippen LogP contribution < -0.4 is 10.6 Å². The highest BCUT2D eigenvalue weighted by molar-refractivity contribution is 5.92. The summed E-state index contributed by atoms with van der Waals surface area (Å²) in [6.07, 6.45) is 1.97. The first-order valence-electron chi connectivity index (χ1n) is 7.12.